The molecule has 3 nitrogen and oxygen atoms in total. The van der Waals surface area contributed by atoms with Gasteiger partial charge in [-0.15, -0.1) is 0 Å². The van der Waals surface area contributed by atoms with Crippen molar-refractivity contribution >= 4 is 133 Å². The molecule has 3 heterocycles. The van der Waals surface area contributed by atoms with E-state index in [9.17, 15) is 0 Å². The van der Waals surface area contributed by atoms with E-state index in [0.717, 1.165) is 5.69 Å². The van der Waals surface area contributed by atoms with Gasteiger partial charge in [-0.25, -0.2) is 0 Å². The predicted octanol–water partition coefficient (Wildman–Crippen LogP) is 13.8. The summed E-state index contributed by atoms with van der Waals surface area (Å²) in [6.45, 7) is 4.49. The zero-order chi connectivity index (χ0) is 41.7. The van der Waals surface area contributed by atoms with E-state index in [1.807, 2.05) is 0 Å². The predicted molar refractivity (Wildman–Crippen MR) is 271 cm³/mol. The second-order valence-corrected chi connectivity index (χ2v) is 17.8. The lowest BCUT2D eigenvalue weighted by molar-refractivity contribution is 0.952. The maximum Gasteiger partial charge on any atom is 0.255 e. The molecule has 0 bridgehead atoms. The molecular formula is C59H40BN3. The molecule has 0 spiro atoms. The van der Waals surface area contributed by atoms with Gasteiger partial charge in [-0.3, -0.25) is 4.90 Å². The van der Waals surface area contributed by atoms with Crippen molar-refractivity contribution in [2.45, 2.75) is 13.8 Å². The molecule has 4 heteroatoms. The SMILES string of the molecule is Cc1ccc2c(c1)B1c3c(cccc3N(c3cccc4c5ccccc5c5ccccc5c34)c3c1c1cc(C)ccc1n3C)N2c1ccc2c3ccccc3c3ccccc3c2c1. The summed E-state index contributed by atoms with van der Waals surface area (Å²) in [4.78, 5) is 5.17. The van der Waals surface area contributed by atoms with Crippen LogP contribution in [0.3, 0.4) is 0 Å². The van der Waals surface area contributed by atoms with Gasteiger partial charge in [0.25, 0.3) is 6.71 Å². The third-order valence-electron chi connectivity index (χ3n) is 14.4. The Kier molecular flexibility index (Phi) is 6.98. The normalized spacial score (nSPS) is 13.2. The summed E-state index contributed by atoms with van der Waals surface area (Å²) in [5.74, 6) is 1.22. The van der Waals surface area contributed by atoms with Crippen LogP contribution in [0.2, 0.25) is 0 Å². The van der Waals surface area contributed by atoms with Crippen LogP contribution >= 0.6 is 0 Å². The van der Waals surface area contributed by atoms with Crippen LogP contribution in [-0.2, 0) is 7.05 Å². The monoisotopic (exact) mass is 801 g/mol. The fourth-order valence-corrected chi connectivity index (χ4v) is 11.8. The highest BCUT2D eigenvalue weighted by Gasteiger charge is 2.46. The van der Waals surface area contributed by atoms with Gasteiger partial charge < -0.3 is 9.47 Å². The molecule has 0 N–H and O–H groups in total. The number of nitrogens with zero attached hydrogens (tertiary/aromatic N) is 3. The van der Waals surface area contributed by atoms with Gasteiger partial charge in [-0.1, -0.05) is 157 Å². The summed E-state index contributed by atoms with van der Waals surface area (Å²) < 4.78 is 2.46. The molecule has 2 aliphatic rings. The molecule has 12 aromatic rings. The van der Waals surface area contributed by atoms with Crippen LogP contribution < -0.4 is 26.2 Å². The zero-order valence-electron chi connectivity index (χ0n) is 35.3. The Bertz CT molecular complexity index is 3910. The van der Waals surface area contributed by atoms with Crippen molar-refractivity contribution in [1.82, 2.24) is 4.57 Å². The average Bonchev–Trinajstić information content (AvgIpc) is 3.61. The molecule has 0 saturated carbocycles. The van der Waals surface area contributed by atoms with E-state index >= 15 is 0 Å². The number of fused-ring (bicyclic) bond motifs is 18. The molecule has 63 heavy (non-hydrogen) atoms. The Morgan fingerprint density at radius 2 is 0.841 bits per heavy atom. The van der Waals surface area contributed by atoms with E-state index < -0.39 is 0 Å². The van der Waals surface area contributed by atoms with Gasteiger partial charge in [-0.05, 0) is 137 Å². The topological polar surface area (TPSA) is 11.4 Å². The summed E-state index contributed by atoms with van der Waals surface area (Å²) in [5, 5.41) is 16.6. The second kappa shape index (κ2) is 12.6. The van der Waals surface area contributed by atoms with E-state index in [1.54, 1.807) is 0 Å². The van der Waals surface area contributed by atoms with Crippen molar-refractivity contribution in [2.75, 3.05) is 9.80 Å². The van der Waals surface area contributed by atoms with Crippen molar-refractivity contribution in [1.29, 1.82) is 0 Å². The summed E-state index contributed by atoms with van der Waals surface area (Å²) in [6, 6.07) is 70.9. The van der Waals surface area contributed by atoms with Crippen LogP contribution in [0, 0.1) is 13.8 Å². The molecule has 14 rings (SSSR count). The number of benzene rings is 11. The molecule has 294 valence electrons. The highest BCUT2D eigenvalue weighted by molar-refractivity contribution is 7.01. The standard InChI is InChI=1S/C59H40BN3/c1-35-26-30-51-49(32-35)57-59(61(51)3)63(53-23-12-22-47-43-18-8-6-17-41(43)42-19-10-11-21-46(42)56(47)53)55-25-13-24-54-58(55)60(57)50-33-36(2)27-31-52(50)62(54)37-28-29-45-40-16-5-4-14-38(40)39-15-7-9-20-44(39)48(45)34-37/h4-34H,1-3H3. The molecule has 1 aromatic heterocycles. The van der Waals surface area contributed by atoms with Gasteiger partial charge in [0.15, 0.2) is 0 Å². The van der Waals surface area contributed by atoms with Gasteiger partial charge >= 0.3 is 0 Å². The Balaban J connectivity index is 1.12. The summed E-state index contributed by atoms with van der Waals surface area (Å²) in [5.41, 5.74) is 13.8. The first-order valence-corrected chi connectivity index (χ1v) is 22.1. The molecule has 11 aromatic carbocycles. The Morgan fingerprint density at radius 1 is 0.349 bits per heavy atom. The van der Waals surface area contributed by atoms with Gasteiger partial charge in [-0.2, -0.15) is 0 Å². The number of aromatic nitrogens is 1. The van der Waals surface area contributed by atoms with Gasteiger partial charge in [0.2, 0.25) is 0 Å². The van der Waals surface area contributed by atoms with Gasteiger partial charge in [0.1, 0.15) is 5.82 Å². The molecule has 0 radical (unpaired) electrons. The number of aryl methyl sites for hydroxylation is 3. The third-order valence-corrected chi connectivity index (χ3v) is 14.4. The largest absolute Gasteiger partial charge is 0.330 e. The maximum atomic E-state index is 2.61. The molecular weight excluding hydrogens is 761 g/mol. The van der Waals surface area contributed by atoms with Crippen LogP contribution in [-0.4, -0.2) is 11.3 Å². The van der Waals surface area contributed by atoms with E-state index in [0.29, 0.717) is 0 Å². The van der Waals surface area contributed by atoms with Crippen molar-refractivity contribution in [3.05, 3.63) is 199 Å². The first-order chi connectivity index (χ1) is 31.0. The lowest BCUT2D eigenvalue weighted by Gasteiger charge is -2.43. The van der Waals surface area contributed by atoms with E-state index in [1.165, 1.54) is 132 Å². The number of rotatable bonds is 2. The maximum absolute atomic E-state index is 2.61. The average molecular weight is 802 g/mol. The molecule has 2 aliphatic heterocycles. The minimum absolute atomic E-state index is 0.0110. The van der Waals surface area contributed by atoms with Crippen LogP contribution in [0.5, 0.6) is 0 Å². The van der Waals surface area contributed by atoms with E-state index in [4.69, 9.17) is 0 Å². The van der Waals surface area contributed by atoms with E-state index in [2.05, 4.69) is 223 Å². The Hall–Kier alpha value is -7.82. The van der Waals surface area contributed by atoms with Crippen molar-refractivity contribution in [3.8, 4) is 0 Å². The lowest BCUT2D eigenvalue weighted by Crippen LogP contribution is -2.61. The van der Waals surface area contributed by atoms with Crippen LogP contribution in [0.25, 0.3) is 75.5 Å². The number of anilines is 6. The highest BCUT2D eigenvalue weighted by Crippen LogP contribution is 2.50. The summed E-state index contributed by atoms with van der Waals surface area (Å²) in [7, 11) is 2.27. The van der Waals surface area contributed by atoms with Crippen molar-refractivity contribution in [3.63, 3.8) is 0 Å². The fraction of sp³-hybridized carbons (Fsp3) is 0.0508. The van der Waals surface area contributed by atoms with Gasteiger partial charge in [0.05, 0.1) is 5.69 Å². The first-order valence-electron chi connectivity index (χ1n) is 22.1. The molecule has 0 unspecified atom stereocenters. The summed E-state index contributed by atoms with van der Waals surface area (Å²) in [6.07, 6.45) is 0. The van der Waals surface area contributed by atoms with Crippen molar-refractivity contribution in [2.24, 2.45) is 7.05 Å². The fourth-order valence-electron chi connectivity index (χ4n) is 11.8. The van der Waals surface area contributed by atoms with Gasteiger partial charge in [0, 0.05) is 40.7 Å². The minimum Gasteiger partial charge on any atom is -0.330 e. The lowest BCUT2D eigenvalue weighted by atomic mass is 9.33. The highest BCUT2D eigenvalue weighted by atomic mass is 15.3. The molecule has 0 atom stereocenters. The zero-order valence-corrected chi connectivity index (χ0v) is 35.3. The second-order valence-electron chi connectivity index (χ2n) is 17.8. The Labute approximate surface area is 365 Å². The van der Waals surface area contributed by atoms with Crippen LogP contribution in [0.15, 0.2) is 188 Å². The molecule has 0 aliphatic carbocycles. The van der Waals surface area contributed by atoms with Crippen LogP contribution in [0.4, 0.5) is 34.3 Å². The number of hydrogen-bond acceptors (Lipinski definition) is 2. The molecule has 0 fully saturated rings. The smallest absolute Gasteiger partial charge is 0.255 e. The van der Waals surface area contributed by atoms with E-state index in [-0.39, 0.29) is 6.71 Å². The van der Waals surface area contributed by atoms with Crippen molar-refractivity contribution < 1.29 is 0 Å². The Morgan fingerprint density at radius 3 is 1.49 bits per heavy atom. The molecule has 0 amide bonds. The molecule has 0 saturated heterocycles. The summed E-state index contributed by atoms with van der Waals surface area (Å²) >= 11 is 0. The minimum atomic E-state index is 0.0110. The first kappa shape index (κ1) is 34.8. The quantitative estimate of drug-likeness (QED) is 0.127. The number of hydrogen-bond donors (Lipinski definition) is 0. The van der Waals surface area contributed by atoms with Crippen LogP contribution in [0.1, 0.15) is 11.1 Å². The third kappa shape index (κ3) is 4.60.